The van der Waals surface area contributed by atoms with Crippen molar-refractivity contribution in [3.05, 3.63) is 124 Å². The van der Waals surface area contributed by atoms with Gasteiger partial charge in [0.1, 0.15) is 0 Å². The van der Waals surface area contributed by atoms with E-state index in [1.54, 1.807) is 0 Å². The molecule has 4 heterocycles. The first kappa shape index (κ1) is 54.2. The summed E-state index contributed by atoms with van der Waals surface area (Å²) in [4.78, 5) is 22.6. The first-order valence-electron chi connectivity index (χ1n) is 28.1. The maximum atomic E-state index is 14.5. The number of thiophene rings is 4. The molecule has 4 aromatic heterocycles. The van der Waals surface area contributed by atoms with Gasteiger partial charge in [0.2, 0.25) is 0 Å². The van der Waals surface area contributed by atoms with Crippen molar-refractivity contribution in [1.82, 2.24) is 0 Å². The number of ketones is 1. The van der Waals surface area contributed by atoms with Crippen LogP contribution in [0.5, 0.6) is 0 Å². The molecule has 1 aliphatic rings. The average molecular weight is 1010 g/mol. The average Bonchev–Trinajstić information content (AvgIpc) is 4.24. The van der Waals surface area contributed by atoms with Gasteiger partial charge in [-0.25, -0.2) is 0 Å². The van der Waals surface area contributed by atoms with Gasteiger partial charge in [-0.05, 0) is 167 Å². The highest BCUT2D eigenvalue weighted by atomic mass is 32.1. The molecular formula is C65H84OS4. The lowest BCUT2D eigenvalue weighted by molar-refractivity contribution is 0.104. The number of aryl methyl sites for hydroxylation is 4. The standard InChI is InChI=1S/C65H84OS4/c1-5-9-13-17-21-25-29-49-41-43-67-59(49)37-39-61-51(31-27-23-19-15-11-7-3)47-63(69-61)53-33-35-55-56-36-34-54(46-58(56)65(66)57(55)45-53)64-48-52(32-28-24-20-16-12-8-4)62(70-64)40-38-60-50(42-44-68-60)30-26-22-18-14-10-6-2/h33-48H,5-32H2,1-4H3/b39-37+,40-38+. The Hall–Kier alpha value is -3.61. The lowest BCUT2D eigenvalue weighted by Gasteiger charge is -2.04. The molecule has 5 heteroatoms. The van der Waals surface area contributed by atoms with E-state index in [9.17, 15) is 4.79 Å². The summed E-state index contributed by atoms with van der Waals surface area (Å²) in [6, 6.07) is 22.9. The number of hydrogen-bond acceptors (Lipinski definition) is 5. The van der Waals surface area contributed by atoms with Crippen molar-refractivity contribution in [2.75, 3.05) is 0 Å². The highest BCUT2D eigenvalue weighted by molar-refractivity contribution is 7.17. The highest BCUT2D eigenvalue weighted by Crippen LogP contribution is 2.44. The van der Waals surface area contributed by atoms with Crippen molar-refractivity contribution < 1.29 is 4.79 Å². The largest absolute Gasteiger partial charge is 0.289 e. The van der Waals surface area contributed by atoms with E-state index in [1.165, 1.54) is 218 Å². The molecule has 2 aromatic carbocycles. The molecule has 0 fully saturated rings. The van der Waals surface area contributed by atoms with Crippen molar-refractivity contribution in [3.63, 3.8) is 0 Å². The minimum absolute atomic E-state index is 0.160. The van der Waals surface area contributed by atoms with Crippen LogP contribution in [-0.4, -0.2) is 5.78 Å². The van der Waals surface area contributed by atoms with E-state index in [1.807, 2.05) is 45.3 Å². The van der Waals surface area contributed by atoms with Crippen LogP contribution in [0, 0.1) is 0 Å². The highest BCUT2D eigenvalue weighted by Gasteiger charge is 2.28. The fourth-order valence-electron chi connectivity index (χ4n) is 10.3. The zero-order valence-corrected chi connectivity index (χ0v) is 46.8. The fraction of sp³-hybridized carbons (Fsp3) is 0.492. The smallest absolute Gasteiger partial charge is 0.194 e. The van der Waals surface area contributed by atoms with E-state index >= 15 is 0 Å². The van der Waals surface area contributed by atoms with Crippen molar-refractivity contribution in [1.29, 1.82) is 0 Å². The minimum Gasteiger partial charge on any atom is -0.289 e. The molecule has 0 unspecified atom stereocenters. The number of carbonyl (C=O) groups is 1. The second-order valence-electron chi connectivity index (χ2n) is 20.2. The molecule has 6 aromatic rings. The molecule has 0 radical (unpaired) electrons. The van der Waals surface area contributed by atoms with Crippen LogP contribution in [0.1, 0.15) is 239 Å². The summed E-state index contributed by atoms with van der Waals surface area (Å²) in [5, 5.41) is 4.55. The summed E-state index contributed by atoms with van der Waals surface area (Å²) in [6.07, 6.45) is 45.7. The van der Waals surface area contributed by atoms with Crippen molar-refractivity contribution in [3.8, 4) is 32.0 Å². The maximum Gasteiger partial charge on any atom is 0.194 e. The van der Waals surface area contributed by atoms with Crippen LogP contribution in [0.3, 0.4) is 0 Å². The van der Waals surface area contributed by atoms with Gasteiger partial charge in [-0.1, -0.05) is 180 Å². The molecule has 0 saturated heterocycles. The summed E-state index contributed by atoms with van der Waals surface area (Å²) in [6.45, 7) is 9.18. The topological polar surface area (TPSA) is 17.1 Å². The Kier molecular flexibility index (Phi) is 23.1. The van der Waals surface area contributed by atoms with E-state index < -0.39 is 0 Å². The fourth-order valence-corrected chi connectivity index (χ4v) is 14.2. The maximum absolute atomic E-state index is 14.5. The molecule has 7 rings (SSSR count). The van der Waals surface area contributed by atoms with E-state index in [2.05, 4.69) is 123 Å². The van der Waals surface area contributed by atoms with Crippen molar-refractivity contribution in [2.45, 2.75) is 207 Å². The van der Waals surface area contributed by atoms with Crippen molar-refractivity contribution >= 4 is 75.4 Å². The Labute approximate surface area is 441 Å². The van der Waals surface area contributed by atoms with Gasteiger partial charge in [-0.3, -0.25) is 4.79 Å². The molecule has 0 atom stereocenters. The minimum atomic E-state index is 0.160. The van der Waals surface area contributed by atoms with Gasteiger partial charge in [0.05, 0.1) is 0 Å². The predicted molar refractivity (Wildman–Crippen MR) is 317 cm³/mol. The number of unbranched alkanes of at least 4 members (excludes halogenated alkanes) is 20. The number of rotatable bonds is 34. The molecule has 1 nitrogen and oxygen atoms in total. The van der Waals surface area contributed by atoms with Gasteiger partial charge in [-0.2, -0.15) is 0 Å². The van der Waals surface area contributed by atoms with Gasteiger partial charge in [-0.15, -0.1) is 45.3 Å². The van der Waals surface area contributed by atoms with Crippen LogP contribution in [-0.2, 0) is 25.7 Å². The Morgan fingerprint density at radius 2 is 0.671 bits per heavy atom. The van der Waals surface area contributed by atoms with Gasteiger partial charge >= 0.3 is 0 Å². The monoisotopic (exact) mass is 1010 g/mol. The Morgan fingerprint density at radius 3 is 1.04 bits per heavy atom. The molecule has 0 aliphatic heterocycles. The lowest BCUT2D eigenvalue weighted by atomic mass is 10.0. The van der Waals surface area contributed by atoms with Crippen LogP contribution in [0.15, 0.2) is 71.4 Å². The zero-order chi connectivity index (χ0) is 48.8. The second kappa shape index (κ2) is 29.8. The Bertz CT molecular complexity index is 2370. The summed E-state index contributed by atoms with van der Waals surface area (Å²) in [5.41, 5.74) is 12.0. The number of benzene rings is 2. The van der Waals surface area contributed by atoms with Crippen LogP contribution in [0.4, 0.5) is 0 Å². The van der Waals surface area contributed by atoms with Crippen LogP contribution >= 0.6 is 45.3 Å². The third kappa shape index (κ3) is 15.7. The van der Waals surface area contributed by atoms with E-state index in [-0.39, 0.29) is 5.78 Å². The van der Waals surface area contributed by atoms with Gasteiger partial charge in [0.15, 0.2) is 5.78 Å². The summed E-state index contributed by atoms with van der Waals surface area (Å²) >= 11 is 7.55. The lowest BCUT2D eigenvalue weighted by Crippen LogP contribution is -1.95. The van der Waals surface area contributed by atoms with Crippen LogP contribution < -0.4 is 0 Å². The third-order valence-corrected chi connectivity index (χ3v) is 18.8. The molecule has 1 aliphatic carbocycles. The Morgan fingerprint density at radius 1 is 0.343 bits per heavy atom. The molecule has 0 bridgehead atoms. The van der Waals surface area contributed by atoms with E-state index in [0.717, 1.165) is 46.2 Å². The first-order chi connectivity index (χ1) is 34.5. The second-order valence-corrected chi connectivity index (χ2v) is 24.3. The number of carbonyl (C=O) groups excluding carboxylic acids is 1. The molecule has 70 heavy (non-hydrogen) atoms. The summed E-state index contributed by atoms with van der Waals surface area (Å²) in [7, 11) is 0. The summed E-state index contributed by atoms with van der Waals surface area (Å²) in [5.74, 6) is 0.160. The zero-order valence-electron chi connectivity index (χ0n) is 43.6. The normalized spacial score (nSPS) is 12.4. The number of fused-ring (bicyclic) bond motifs is 3. The SMILES string of the molecule is CCCCCCCCc1ccsc1/C=C/c1sc(-c2ccc3c(c2)C(=O)c2cc(-c4cc(CCCCCCCC)c(/C=C/c5sccc5CCCCCCCC)s4)ccc2-3)cc1CCCCCCCC. The van der Waals surface area contributed by atoms with Crippen molar-refractivity contribution in [2.24, 2.45) is 0 Å². The van der Waals surface area contributed by atoms with Crippen LogP contribution in [0.2, 0.25) is 0 Å². The van der Waals surface area contributed by atoms with E-state index in [4.69, 9.17) is 0 Å². The first-order valence-corrected chi connectivity index (χ1v) is 31.5. The molecule has 0 amide bonds. The number of hydrogen-bond donors (Lipinski definition) is 0. The molecule has 0 saturated carbocycles. The molecule has 374 valence electrons. The van der Waals surface area contributed by atoms with E-state index in [0.29, 0.717) is 0 Å². The van der Waals surface area contributed by atoms with Gasteiger partial charge in [0, 0.05) is 40.4 Å². The molecular weight excluding hydrogens is 925 g/mol. The molecule has 0 spiro atoms. The quantitative estimate of drug-likeness (QED) is 0.0368. The summed E-state index contributed by atoms with van der Waals surface area (Å²) < 4.78 is 0. The predicted octanol–water partition coefficient (Wildman–Crippen LogP) is 22.4. The van der Waals surface area contributed by atoms with Gasteiger partial charge in [0.25, 0.3) is 0 Å². The van der Waals surface area contributed by atoms with Gasteiger partial charge < -0.3 is 0 Å². The molecule has 0 N–H and O–H groups in total. The van der Waals surface area contributed by atoms with Crippen LogP contribution in [0.25, 0.3) is 56.3 Å². The Balaban J connectivity index is 1.08. The third-order valence-electron chi connectivity index (χ3n) is 14.6.